The minimum Gasteiger partial charge on any atom is -0.377 e. The lowest BCUT2D eigenvalue weighted by atomic mass is 10.0. The molecule has 1 unspecified atom stereocenters. The Morgan fingerprint density at radius 1 is 1.39 bits per heavy atom. The Bertz CT molecular complexity index is 483. The molecule has 98 valence electrons. The van der Waals surface area contributed by atoms with E-state index in [0.717, 1.165) is 17.9 Å². The molecule has 0 aliphatic rings. The maximum Gasteiger partial charge on any atom is 0.0825 e. The molecule has 18 heavy (non-hydrogen) atoms. The molecular formula is C13H21N5. The van der Waals surface area contributed by atoms with E-state index in [1.807, 2.05) is 48.0 Å². The summed E-state index contributed by atoms with van der Waals surface area (Å²) in [4.78, 5) is 0. The van der Waals surface area contributed by atoms with Gasteiger partial charge in [-0.25, -0.2) is 0 Å². The number of rotatable bonds is 5. The Kier molecular flexibility index (Phi) is 3.69. The number of hydrogen-bond acceptors (Lipinski definition) is 3. The highest BCUT2D eigenvalue weighted by molar-refractivity contribution is 5.46. The molecule has 2 rings (SSSR count). The molecular weight excluding hydrogens is 226 g/mol. The number of nitrogens with one attached hydrogen (secondary N) is 1. The summed E-state index contributed by atoms with van der Waals surface area (Å²) in [6.07, 6.45) is 5.83. The Morgan fingerprint density at radius 2 is 2.17 bits per heavy atom. The first-order valence-corrected chi connectivity index (χ1v) is 6.30. The molecule has 1 atom stereocenters. The quantitative estimate of drug-likeness (QED) is 0.879. The van der Waals surface area contributed by atoms with Gasteiger partial charge >= 0.3 is 0 Å². The van der Waals surface area contributed by atoms with Gasteiger partial charge in [0.2, 0.25) is 0 Å². The van der Waals surface area contributed by atoms with Gasteiger partial charge in [0.05, 0.1) is 17.9 Å². The van der Waals surface area contributed by atoms with E-state index in [4.69, 9.17) is 0 Å². The third-order valence-corrected chi connectivity index (χ3v) is 3.10. The van der Waals surface area contributed by atoms with Crippen LogP contribution in [0.25, 0.3) is 0 Å². The smallest absolute Gasteiger partial charge is 0.0825 e. The Balaban J connectivity index is 2.09. The van der Waals surface area contributed by atoms with E-state index < -0.39 is 0 Å². The number of anilines is 1. The highest BCUT2D eigenvalue weighted by Gasteiger charge is 2.16. The molecule has 2 aromatic heterocycles. The highest BCUT2D eigenvalue weighted by atomic mass is 15.3. The maximum absolute atomic E-state index is 4.35. The van der Waals surface area contributed by atoms with Crippen LogP contribution < -0.4 is 5.32 Å². The Labute approximate surface area is 108 Å². The van der Waals surface area contributed by atoms with Crippen molar-refractivity contribution in [2.75, 3.05) is 5.32 Å². The van der Waals surface area contributed by atoms with Crippen molar-refractivity contribution in [3.63, 3.8) is 0 Å². The zero-order valence-corrected chi connectivity index (χ0v) is 11.5. The van der Waals surface area contributed by atoms with Crippen molar-refractivity contribution in [1.29, 1.82) is 0 Å². The summed E-state index contributed by atoms with van der Waals surface area (Å²) in [7, 11) is 1.94. The molecule has 2 heterocycles. The number of aryl methyl sites for hydroxylation is 2. The Morgan fingerprint density at radius 3 is 2.67 bits per heavy atom. The molecule has 5 nitrogen and oxygen atoms in total. The van der Waals surface area contributed by atoms with Crippen LogP contribution in [0.3, 0.4) is 0 Å². The van der Waals surface area contributed by atoms with Gasteiger partial charge in [0, 0.05) is 31.7 Å². The summed E-state index contributed by atoms with van der Waals surface area (Å²) < 4.78 is 3.80. The van der Waals surface area contributed by atoms with Crippen molar-refractivity contribution in [3.05, 3.63) is 30.4 Å². The number of hydrogen-bond donors (Lipinski definition) is 1. The molecule has 0 fully saturated rings. The summed E-state index contributed by atoms with van der Waals surface area (Å²) in [5, 5.41) is 12.2. The SMILES string of the molecule is Cc1nn(C)cc1NC(Cn1cccn1)C(C)C. The number of nitrogens with zero attached hydrogens (tertiary/aromatic N) is 4. The van der Waals surface area contributed by atoms with Crippen LogP contribution in [-0.2, 0) is 13.6 Å². The van der Waals surface area contributed by atoms with Crippen LogP contribution in [0.15, 0.2) is 24.7 Å². The van der Waals surface area contributed by atoms with Crippen molar-refractivity contribution in [1.82, 2.24) is 19.6 Å². The molecule has 0 radical (unpaired) electrons. The Hall–Kier alpha value is -1.78. The van der Waals surface area contributed by atoms with Gasteiger partial charge in [-0.2, -0.15) is 10.2 Å². The highest BCUT2D eigenvalue weighted by Crippen LogP contribution is 2.17. The lowest BCUT2D eigenvalue weighted by Crippen LogP contribution is -2.31. The van der Waals surface area contributed by atoms with Crippen molar-refractivity contribution >= 4 is 5.69 Å². The van der Waals surface area contributed by atoms with Crippen LogP contribution in [0, 0.1) is 12.8 Å². The van der Waals surface area contributed by atoms with Crippen LogP contribution in [-0.4, -0.2) is 25.6 Å². The fourth-order valence-corrected chi connectivity index (χ4v) is 1.97. The second-order valence-corrected chi connectivity index (χ2v) is 5.02. The van der Waals surface area contributed by atoms with Gasteiger partial charge in [-0.05, 0) is 18.9 Å². The fraction of sp³-hybridized carbons (Fsp3) is 0.538. The van der Waals surface area contributed by atoms with E-state index in [0.29, 0.717) is 12.0 Å². The van der Waals surface area contributed by atoms with Gasteiger partial charge in [-0.15, -0.1) is 0 Å². The zero-order chi connectivity index (χ0) is 13.1. The summed E-state index contributed by atoms with van der Waals surface area (Å²) in [5.41, 5.74) is 2.13. The average molecular weight is 247 g/mol. The van der Waals surface area contributed by atoms with Crippen LogP contribution in [0.1, 0.15) is 19.5 Å². The van der Waals surface area contributed by atoms with E-state index in [2.05, 4.69) is 29.4 Å². The minimum atomic E-state index is 0.341. The van der Waals surface area contributed by atoms with Gasteiger partial charge in [0.15, 0.2) is 0 Å². The lowest BCUT2D eigenvalue weighted by molar-refractivity contribution is 0.437. The first-order valence-electron chi connectivity index (χ1n) is 6.30. The summed E-state index contributed by atoms with van der Waals surface area (Å²) in [6.45, 7) is 7.31. The molecule has 0 saturated carbocycles. The fourth-order valence-electron chi connectivity index (χ4n) is 1.97. The predicted octanol–water partition coefficient (Wildman–Crippen LogP) is 2.06. The average Bonchev–Trinajstić information content (AvgIpc) is 2.88. The van der Waals surface area contributed by atoms with E-state index in [1.54, 1.807) is 0 Å². The summed E-state index contributed by atoms with van der Waals surface area (Å²) >= 11 is 0. The first-order chi connectivity index (χ1) is 8.56. The molecule has 0 aromatic carbocycles. The third-order valence-electron chi connectivity index (χ3n) is 3.10. The van der Waals surface area contributed by atoms with Gasteiger partial charge in [0.25, 0.3) is 0 Å². The van der Waals surface area contributed by atoms with Crippen LogP contribution in [0.2, 0.25) is 0 Å². The third kappa shape index (κ3) is 2.91. The van der Waals surface area contributed by atoms with Crippen molar-refractivity contribution in [2.24, 2.45) is 13.0 Å². The molecule has 0 amide bonds. The standard InChI is InChI=1S/C13H21N5/c1-10(2)12(9-18-7-5-6-14-18)15-13-8-17(4)16-11(13)3/h5-8,10,12,15H,9H2,1-4H3. The van der Waals surface area contributed by atoms with E-state index in [9.17, 15) is 0 Å². The maximum atomic E-state index is 4.35. The second kappa shape index (κ2) is 5.25. The molecule has 0 aliphatic carbocycles. The van der Waals surface area contributed by atoms with Gasteiger partial charge < -0.3 is 5.32 Å². The molecule has 1 N–H and O–H groups in total. The van der Waals surface area contributed by atoms with E-state index in [1.165, 1.54) is 0 Å². The predicted molar refractivity (Wildman–Crippen MR) is 72.4 cm³/mol. The summed E-state index contributed by atoms with van der Waals surface area (Å²) in [5.74, 6) is 0.522. The van der Waals surface area contributed by atoms with Crippen molar-refractivity contribution < 1.29 is 0 Å². The molecule has 0 aliphatic heterocycles. The van der Waals surface area contributed by atoms with Crippen LogP contribution in [0.5, 0.6) is 0 Å². The van der Waals surface area contributed by atoms with E-state index >= 15 is 0 Å². The van der Waals surface area contributed by atoms with Gasteiger partial charge in [0.1, 0.15) is 0 Å². The molecule has 0 saturated heterocycles. The van der Waals surface area contributed by atoms with Gasteiger partial charge in [-0.3, -0.25) is 9.36 Å². The number of aromatic nitrogens is 4. The summed E-state index contributed by atoms with van der Waals surface area (Å²) in [6, 6.07) is 2.29. The molecule has 0 spiro atoms. The topological polar surface area (TPSA) is 47.7 Å². The lowest BCUT2D eigenvalue weighted by Gasteiger charge is -2.23. The van der Waals surface area contributed by atoms with Crippen LogP contribution >= 0.6 is 0 Å². The first kappa shape index (κ1) is 12.7. The molecule has 5 heteroatoms. The monoisotopic (exact) mass is 247 g/mol. The molecule has 0 bridgehead atoms. The van der Waals surface area contributed by atoms with Crippen molar-refractivity contribution in [3.8, 4) is 0 Å². The zero-order valence-electron chi connectivity index (χ0n) is 11.5. The second-order valence-electron chi connectivity index (χ2n) is 5.02. The van der Waals surface area contributed by atoms with E-state index in [-0.39, 0.29) is 0 Å². The van der Waals surface area contributed by atoms with Crippen molar-refractivity contribution in [2.45, 2.75) is 33.4 Å². The minimum absolute atomic E-state index is 0.341. The normalized spacial score (nSPS) is 12.9. The molecule has 2 aromatic rings. The van der Waals surface area contributed by atoms with Gasteiger partial charge in [-0.1, -0.05) is 13.8 Å². The largest absolute Gasteiger partial charge is 0.377 e. The van der Waals surface area contributed by atoms with Crippen LogP contribution in [0.4, 0.5) is 5.69 Å².